The van der Waals surface area contributed by atoms with Gasteiger partial charge < -0.3 is 5.32 Å². The average Bonchev–Trinajstić information content (AvgIpc) is 2.58. The second-order valence-electron chi connectivity index (χ2n) is 4.69. The third-order valence-corrected chi connectivity index (χ3v) is 3.41. The number of hydrogen-bond donors (Lipinski definition) is 1. The molecule has 2 aliphatic heterocycles. The van der Waals surface area contributed by atoms with Crippen LogP contribution < -0.4 is 5.32 Å². The molecule has 1 saturated heterocycles. The fraction of sp³-hybridized carbons (Fsp3) is 0.286. The first kappa shape index (κ1) is 11.2. The quantitative estimate of drug-likeness (QED) is 0.626. The van der Waals surface area contributed by atoms with Crippen LogP contribution in [-0.4, -0.2) is 35.8 Å². The molecule has 0 unspecified atom stereocenters. The highest BCUT2D eigenvalue weighted by Crippen LogP contribution is 2.25. The van der Waals surface area contributed by atoms with Crippen molar-refractivity contribution < 1.29 is 9.59 Å². The van der Waals surface area contributed by atoms with Gasteiger partial charge in [-0.1, -0.05) is 18.2 Å². The number of amides is 2. The van der Waals surface area contributed by atoms with Gasteiger partial charge in [-0.05, 0) is 24.6 Å². The van der Waals surface area contributed by atoms with Crippen LogP contribution in [0, 0.1) is 0 Å². The lowest BCUT2D eigenvalue weighted by Gasteiger charge is -2.24. The zero-order chi connectivity index (χ0) is 12.7. The molecular weight excluding hydrogens is 228 g/mol. The van der Waals surface area contributed by atoms with E-state index in [0.29, 0.717) is 11.1 Å². The molecule has 1 aromatic carbocycles. The van der Waals surface area contributed by atoms with Crippen molar-refractivity contribution in [3.05, 3.63) is 47.0 Å². The van der Waals surface area contributed by atoms with Gasteiger partial charge in [0.2, 0.25) is 0 Å². The maximum atomic E-state index is 12.2. The topological polar surface area (TPSA) is 49.4 Å². The Kier molecular flexibility index (Phi) is 2.52. The minimum atomic E-state index is -0.188. The standard InChI is InChI=1S/C14H14N2O2/c1-9(6-10-7-15-8-10)16-13(17)11-4-2-3-5-12(11)14(16)18/h2-6,9,15H,7-8H2,1H3/t9-/m1/s1. The first-order chi connectivity index (χ1) is 8.68. The van der Waals surface area contributed by atoms with Crippen LogP contribution in [0.4, 0.5) is 0 Å². The van der Waals surface area contributed by atoms with Gasteiger partial charge in [0, 0.05) is 13.1 Å². The summed E-state index contributed by atoms with van der Waals surface area (Å²) in [5.41, 5.74) is 2.28. The average molecular weight is 242 g/mol. The van der Waals surface area contributed by atoms with Crippen LogP contribution in [0.1, 0.15) is 27.6 Å². The number of rotatable bonds is 2. The molecule has 4 heteroatoms. The Morgan fingerprint density at radius 1 is 1.17 bits per heavy atom. The summed E-state index contributed by atoms with van der Waals surface area (Å²) >= 11 is 0. The third-order valence-electron chi connectivity index (χ3n) is 3.41. The largest absolute Gasteiger partial charge is 0.309 e. The van der Waals surface area contributed by atoms with Crippen molar-refractivity contribution in [2.75, 3.05) is 13.1 Å². The van der Waals surface area contributed by atoms with E-state index < -0.39 is 0 Å². The monoisotopic (exact) mass is 242 g/mol. The predicted octanol–water partition coefficient (Wildman–Crippen LogP) is 1.20. The molecule has 2 amide bonds. The smallest absolute Gasteiger partial charge is 0.262 e. The van der Waals surface area contributed by atoms with E-state index in [2.05, 4.69) is 5.32 Å². The maximum Gasteiger partial charge on any atom is 0.262 e. The number of carbonyl (C=O) groups excluding carboxylic acids is 2. The van der Waals surface area contributed by atoms with Crippen LogP contribution in [0.25, 0.3) is 0 Å². The summed E-state index contributed by atoms with van der Waals surface area (Å²) in [6.07, 6.45) is 2.00. The zero-order valence-electron chi connectivity index (χ0n) is 10.1. The minimum Gasteiger partial charge on any atom is -0.309 e. The summed E-state index contributed by atoms with van der Waals surface area (Å²) in [5, 5.41) is 3.14. The van der Waals surface area contributed by atoms with Gasteiger partial charge in [0.15, 0.2) is 0 Å². The molecule has 0 aliphatic carbocycles. The molecule has 0 aromatic heterocycles. The van der Waals surface area contributed by atoms with Crippen LogP contribution in [0.3, 0.4) is 0 Å². The van der Waals surface area contributed by atoms with Gasteiger partial charge in [0.25, 0.3) is 11.8 Å². The Labute approximate surface area is 105 Å². The fourth-order valence-corrected chi connectivity index (χ4v) is 2.38. The van der Waals surface area contributed by atoms with Crippen molar-refractivity contribution in [3.8, 4) is 0 Å². The number of carbonyl (C=O) groups is 2. The SMILES string of the molecule is C[C@H](C=C1CNC1)N1C(=O)c2ccccc2C1=O. The van der Waals surface area contributed by atoms with Crippen molar-refractivity contribution in [2.24, 2.45) is 0 Å². The number of hydrogen-bond acceptors (Lipinski definition) is 3. The first-order valence-corrected chi connectivity index (χ1v) is 6.05. The van der Waals surface area contributed by atoms with Crippen molar-refractivity contribution >= 4 is 11.8 Å². The van der Waals surface area contributed by atoms with Gasteiger partial charge in [-0.25, -0.2) is 0 Å². The van der Waals surface area contributed by atoms with Crippen LogP contribution in [0.2, 0.25) is 0 Å². The molecule has 0 spiro atoms. The number of nitrogens with zero attached hydrogens (tertiary/aromatic N) is 1. The van der Waals surface area contributed by atoms with E-state index in [1.807, 2.05) is 13.0 Å². The Bertz CT molecular complexity index is 522. The summed E-state index contributed by atoms with van der Waals surface area (Å²) in [7, 11) is 0. The molecule has 4 nitrogen and oxygen atoms in total. The maximum absolute atomic E-state index is 12.2. The number of benzene rings is 1. The van der Waals surface area contributed by atoms with Crippen molar-refractivity contribution in [2.45, 2.75) is 13.0 Å². The molecule has 1 N–H and O–H groups in total. The highest BCUT2D eigenvalue weighted by atomic mass is 16.2. The van der Waals surface area contributed by atoms with Gasteiger partial charge in [0.1, 0.15) is 0 Å². The lowest BCUT2D eigenvalue weighted by Crippen LogP contribution is -2.40. The van der Waals surface area contributed by atoms with Crippen molar-refractivity contribution in [1.29, 1.82) is 0 Å². The summed E-state index contributed by atoms with van der Waals surface area (Å²) < 4.78 is 0. The van der Waals surface area contributed by atoms with Gasteiger partial charge in [-0.2, -0.15) is 0 Å². The molecule has 1 aromatic rings. The summed E-state index contributed by atoms with van der Waals surface area (Å²) in [6.45, 7) is 3.59. The van der Waals surface area contributed by atoms with E-state index in [4.69, 9.17) is 0 Å². The molecular formula is C14H14N2O2. The van der Waals surface area contributed by atoms with E-state index in [9.17, 15) is 9.59 Å². The van der Waals surface area contributed by atoms with Gasteiger partial charge >= 0.3 is 0 Å². The van der Waals surface area contributed by atoms with Gasteiger partial charge in [0.05, 0.1) is 17.2 Å². The normalized spacial score (nSPS) is 19.6. The Balaban J connectivity index is 1.91. The number of imide groups is 1. The molecule has 2 heterocycles. The predicted molar refractivity (Wildman–Crippen MR) is 67.4 cm³/mol. The second-order valence-corrected chi connectivity index (χ2v) is 4.69. The highest BCUT2D eigenvalue weighted by Gasteiger charge is 2.37. The zero-order valence-corrected chi connectivity index (χ0v) is 10.1. The molecule has 1 atom stereocenters. The fourth-order valence-electron chi connectivity index (χ4n) is 2.38. The molecule has 0 saturated carbocycles. The Hall–Kier alpha value is -1.94. The van der Waals surface area contributed by atoms with E-state index >= 15 is 0 Å². The summed E-state index contributed by atoms with van der Waals surface area (Å²) in [5.74, 6) is -0.375. The van der Waals surface area contributed by atoms with E-state index in [0.717, 1.165) is 13.1 Å². The minimum absolute atomic E-state index is 0.186. The molecule has 0 bridgehead atoms. The Morgan fingerprint density at radius 3 is 2.17 bits per heavy atom. The van der Waals surface area contributed by atoms with Crippen LogP contribution in [0.5, 0.6) is 0 Å². The van der Waals surface area contributed by atoms with Crippen molar-refractivity contribution in [3.63, 3.8) is 0 Å². The number of nitrogens with one attached hydrogen (secondary N) is 1. The van der Waals surface area contributed by atoms with Crippen LogP contribution in [0.15, 0.2) is 35.9 Å². The highest BCUT2D eigenvalue weighted by molar-refractivity contribution is 6.21. The van der Waals surface area contributed by atoms with Crippen LogP contribution >= 0.6 is 0 Å². The van der Waals surface area contributed by atoms with E-state index in [1.165, 1.54) is 10.5 Å². The molecule has 3 rings (SSSR count). The van der Waals surface area contributed by atoms with Gasteiger partial charge in [-0.15, -0.1) is 0 Å². The lowest BCUT2D eigenvalue weighted by atomic mass is 10.1. The third kappa shape index (κ3) is 1.57. The van der Waals surface area contributed by atoms with Gasteiger partial charge in [-0.3, -0.25) is 14.5 Å². The summed E-state index contributed by atoms with van der Waals surface area (Å²) in [4.78, 5) is 25.7. The number of fused-ring (bicyclic) bond motifs is 1. The van der Waals surface area contributed by atoms with Crippen molar-refractivity contribution in [1.82, 2.24) is 10.2 Å². The van der Waals surface area contributed by atoms with E-state index in [1.54, 1.807) is 24.3 Å². The molecule has 92 valence electrons. The molecule has 2 aliphatic rings. The molecule has 1 fully saturated rings. The Morgan fingerprint density at radius 2 is 1.72 bits per heavy atom. The van der Waals surface area contributed by atoms with E-state index in [-0.39, 0.29) is 17.9 Å². The molecule has 0 radical (unpaired) electrons. The summed E-state index contributed by atoms with van der Waals surface area (Å²) in [6, 6.07) is 6.80. The second kappa shape index (κ2) is 4.07. The lowest BCUT2D eigenvalue weighted by molar-refractivity contribution is 0.0624. The molecule has 18 heavy (non-hydrogen) atoms. The van der Waals surface area contributed by atoms with Crippen LogP contribution in [-0.2, 0) is 0 Å². The first-order valence-electron chi connectivity index (χ1n) is 6.05.